The molecule has 3 amide bonds. The van der Waals surface area contributed by atoms with Crippen molar-refractivity contribution in [3.63, 3.8) is 0 Å². The smallest absolute Gasteiger partial charge is 0.339 e. The van der Waals surface area contributed by atoms with Crippen molar-refractivity contribution in [1.29, 1.82) is 0 Å². The number of nitrogens with zero attached hydrogens (tertiary/aromatic N) is 2. The molecule has 1 aliphatic heterocycles. The maximum atomic E-state index is 14.3. The Balaban J connectivity index is 1.35. The summed E-state index contributed by atoms with van der Waals surface area (Å²) < 4.78 is 40.5. The van der Waals surface area contributed by atoms with E-state index in [1.165, 1.54) is 28.4 Å². The van der Waals surface area contributed by atoms with Gasteiger partial charge >= 0.3 is 13.3 Å². The summed E-state index contributed by atoms with van der Waals surface area (Å²) in [6.07, 6.45) is 4.40. The second-order valence-electron chi connectivity index (χ2n) is 12.5. The number of likely N-dealkylation sites (tertiary alicyclic amines) is 1. The predicted octanol–water partition coefficient (Wildman–Crippen LogP) is 6.81. The number of thiophene rings is 1. The zero-order valence-electron chi connectivity index (χ0n) is 25.9. The number of nitrogens with one attached hydrogen (secondary N) is 2. The van der Waals surface area contributed by atoms with E-state index < -0.39 is 48.1 Å². The number of thiazole rings is 1. The van der Waals surface area contributed by atoms with Crippen molar-refractivity contribution in [3.05, 3.63) is 71.2 Å². The van der Waals surface area contributed by atoms with Crippen molar-refractivity contribution < 1.29 is 37.5 Å². The molecule has 2 atom stereocenters. The molecule has 1 fully saturated rings. The average molecular weight is 705 g/mol. The Labute approximate surface area is 278 Å². The fraction of sp³-hybridized carbons (Fsp3) is 0.375. The number of alkyl halides is 2. The standard InChI is InChI=1S/C32H35F2N4O6PS2/c1-31(2,3)26(36-28(40)24-17-20-16-21(13-14-23(20)46-24)32(33,34)45(42,43)44)29(41)38-15-9-5-8-12-22(38)27(39)37-30-35-18-25(47-30)19-10-6-4-7-11-19/h4,6-7,10-11,13-14,16-18,22,26H,5,8-9,12,15H2,1-3H3,(H,36,40)(H,35,37,39)(H2,42,43,44)/t22-,26+/m0/s1. The fourth-order valence-electron chi connectivity index (χ4n) is 5.43. The Morgan fingerprint density at radius 3 is 2.43 bits per heavy atom. The highest BCUT2D eigenvalue weighted by Crippen LogP contribution is 2.59. The second kappa shape index (κ2) is 13.5. The quantitative estimate of drug-likeness (QED) is 0.147. The van der Waals surface area contributed by atoms with E-state index in [1.54, 1.807) is 27.0 Å². The van der Waals surface area contributed by atoms with Gasteiger partial charge in [0.05, 0.1) is 9.75 Å². The zero-order valence-corrected chi connectivity index (χ0v) is 28.4. The van der Waals surface area contributed by atoms with Crippen LogP contribution in [0.5, 0.6) is 0 Å². The number of aromatic nitrogens is 1. The molecule has 4 N–H and O–H groups in total. The van der Waals surface area contributed by atoms with Gasteiger partial charge in [-0.05, 0) is 47.4 Å². The number of halogens is 2. The van der Waals surface area contributed by atoms with Crippen LogP contribution in [0, 0.1) is 5.41 Å². The van der Waals surface area contributed by atoms with Crippen LogP contribution in [0.1, 0.15) is 61.7 Å². The Bertz CT molecular complexity index is 1840. The van der Waals surface area contributed by atoms with Crippen molar-refractivity contribution in [2.75, 3.05) is 11.9 Å². The molecule has 2 aromatic carbocycles. The highest BCUT2D eigenvalue weighted by Gasteiger charge is 2.50. The number of hydrogen-bond donors (Lipinski definition) is 4. The summed E-state index contributed by atoms with van der Waals surface area (Å²) in [5.74, 6) is -1.39. The van der Waals surface area contributed by atoms with Crippen molar-refractivity contribution in [3.8, 4) is 10.4 Å². The highest BCUT2D eigenvalue weighted by molar-refractivity contribution is 7.52. The summed E-state index contributed by atoms with van der Waals surface area (Å²) in [6.45, 7) is 5.71. The van der Waals surface area contributed by atoms with E-state index in [2.05, 4.69) is 15.6 Å². The van der Waals surface area contributed by atoms with Gasteiger partial charge in [-0.15, -0.1) is 11.3 Å². The second-order valence-corrected chi connectivity index (χ2v) is 16.3. The number of rotatable bonds is 8. The molecule has 250 valence electrons. The molecule has 10 nitrogen and oxygen atoms in total. The molecule has 0 spiro atoms. The predicted molar refractivity (Wildman–Crippen MR) is 179 cm³/mol. The first-order chi connectivity index (χ1) is 22.1. The molecule has 2 aromatic heterocycles. The van der Waals surface area contributed by atoms with E-state index in [1.807, 2.05) is 30.3 Å². The molecule has 0 radical (unpaired) electrons. The van der Waals surface area contributed by atoms with Crippen molar-refractivity contribution in [2.45, 2.75) is 64.2 Å². The van der Waals surface area contributed by atoms with Gasteiger partial charge in [0.25, 0.3) is 5.91 Å². The summed E-state index contributed by atoms with van der Waals surface area (Å²) in [7, 11) is -5.77. The molecule has 0 saturated carbocycles. The van der Waals surface area contributed by atoms with E-state index in [-0.39, 0.29) is 16.2 Å². The first-order valence-electron chi connectivity index (χ1n) is 15.0. The summed E-state index contributed by atoms with van der Waals surface area (Å²) in [5, 5.41) is 6.32. The lowest BCUT2D eigenvalue weighted by Crippen LogP contribution is -2.58. The van der Waals surface area contributed by atoms with Crippen molar-refractivity contribution >= 4 is 63.2 Å². The number of carbonyl (C=O) groups is 3. The maximum Gasteiger partial charge on any atom is 0.399 e. The van der Waals surface area contributed by atoms with Gasteiger partial charge in [-0.2, -0.15) is 8.78 Å². The lowest BCUT2D eigenvalue weighted by molar-refractivity contribution is -0.142. The minimum Gasteiger partial charge on any atom is -0.339 e. The van der Waals surface area contributed by atoms with Crippen molar-refractivity contribution in [2.24, 2.45) is 5.41 Å². The zero-order chi connectivity index (χ0) is 34.1. The Morgan fingerprint density at radius 2 is 1.74 bits per heavy atom. The molecule has 5 rings (SSSR count). The third-order valence-electron chi connectivity index (χ3n) is 7.97. The van der Waals surface area contributed by atoms with Crippen LogP contribution in [0.15, 0.2) is 60.8 Å². The van der Waals surface area contributed by atoms with Crippen LogP contribution in [0.4, 0.5) is 13.9 Å². The third kappa shape index (κ3) is 7.62. The number of amides is 3. The highest BCUT2D eigenvalue weighted by atomic mass is 32.1. The van der Waals surface area contributed by atoms with Gasteiger partial charge < -0.3 is 25.3 Å². The van der Waals surface area contributed by atoms with Crippen LogP contribution in [-0.2, 0) is 19.8 Å². The van der Waals surface area contributed by atoms with Gasteiger partial charge in [0.2, 0.25) is 11.8 Å². The van der Waals surface area contributed by atoms with Gasteiger partial charge in [0.1, 0.15) is 12.1 Å². The Kier molecular flexibility index (Phi) is 10.0. The molecule has 4 aromatic rings. The molecular weight excluding hydrogens is 669 g/mol. The number of carbonyl (C=O) groups excluding carboxylic acids is 3. The van der Waals surface area contributed by atoms with Gasteiger partial charge in [-0.1, -0.05) is 81.3 Å². The molecule has 0 unspecified atom stereocenters. The number of hydrogen-bond acceptors (Lipinski definition) is 7. The minimum absolute atomic E-state index is 0.127. The molecular formula is C32H35F2N4O6PS2. The Hall–Kier alpha value is -3.55. The van der Waals surface area contributed by atoms with Gasteiger partial charge in [-0.25, -0.2) is 4.98 Å². The summed E-state index contributed by atoms with van der Waals surface area (Å²) in [5.41, 5.74) is -5.06. The number of fused-ring (bicyclic) bond motifs is 1. The minimum atomic E-state index is -5.77. The molecule has 47 heavy (non-hydrogen) atoms. The lowest BCUT2D eigenvalue weighted by atomic mass is 9.85. The number of anilines is 1. The largest absolute Gasteiger partial charge is 0.399 e. The third-order valence-corrected chi connectivity index (χ3v) is 11.0. The van der Waals surface area contributed by atoms with Crippen LogP contribution in [0.25, 0.3) is 20.5 Å². The first kappa shape index (κ1) is 34.8. The first-order valence-corrected chi connectivity index (χ1v) is 18.2. The molecule has 1 saturated heterocycles. The van der Waals surface area contributed by atoms with Crippen molar-refractivity contribution in [1.82, 2.24) is 15.2 Å². The molecule has 15 heteroatoms. The molecule has 1 aliphatic rings. The molecule has 3 heterocycles. The monoisotopic (exact) mass is 704 g/mol. The van der Waals surface area contributed by atoms with E-state index in [0.717, 1.165) is 46.8 Å². The van der Waals surface area contributed by atoms with E-state index in [4.69, 9.17) is 9.79 Å². The summed E-state index contributed by atoms with van der Waals surface area (Å²) >= 11 is 2.33. The summed E-state index contributed by atoms with van der Waals surface area (Å²) in [4.78, 5) is 66.5. The van der Waals surface area contributed by atoms with E-state index >= 15 is 0 Å². The lowest BCUT2D eigenvalue weighted by Gasteiger charge is -2.37. The van der Waals surface area contributed by atoms with Crippen LogP contribution in [0.2, 0.25) is 0 Å². The van der Waals surface area contributed by atoms with Gasteiger partial charge in [0.15, 0.2) is 5.13 Å². The SMILES string of the molecule is CC(C)(C)[C@H](NC(=O)c1cc2cc(C(F)(F)P(=O)(O)O)ccc2s1)C(=O)N1CCCCC[C@H]1C(=O)Nc1ncc(-c2ccccc2)s1. The van der Waals surface area contributed by atoms with E-state index in [9.17, 15) is 27.7 Å². The van der Waals surface area contributed by atoms with Crippen LogP contribution >= 0.6 is 30.3 Å². The molecule has 0 bridgehead atoms. The van der Waals surface area contributed by atoms with Crippen LogP contribution < -0.4 is 10.6 Å². The normalized spacial score (nSPS) is 16.8. The number of benzene rings is 2. The average Bonchev–Trinajstić information content (AvgIpc) is 3.58. The Morgan fingerprint density at radius 1 is 1.02 bits per heavy atom. The topological polar surface area (TPSA) is 149 Å². The fourth-order valence-corrected chi connectivity index (χ4v) is 7.67. The molecule has 0 aliphatic carbocycles. The van der Waals surface area contributed by atoms with Gasteiger partial charge in [0, 0.05) is 23.0 Å². The van der Waals surface area contributed by atoms with Gasteiger partial charge in [-0.3, -0.25) is 18.9 Å². The van der Waals surface area contributed by atoms with Crippen LogP contribution in [-0.4, -0.2) is 56.0 Å². The maximum absolute atomic E-state index is 14.3. The van der Waals surface area contributed by atoms with Crippen LogP contribution in [0.3, 0.4) is 0 Å². The van der Waals surface area contributed by atoms with E-state index in [0.29, 0.717) is 29.2 Å². The summed E-state index contributed by atoms with van der Waals surface area (Å²) in [6, 6.07) is 12.3.